The van der Waals surface area contributed by atoms with Crippen LogP contribution >= 0.6 is 11.3 Å². The van der Waals surface area contributed by atoms with Crippen molar-refractivity contribution in [3.63, 3.8) is 0 Å². The normalized spacial score (nSPS) is 10.8. The van der Waals surface area contributed by atoms with E-state index in [2.05, 4.69) is 28.5 Å². The summed E-state index contributed by atoms with van der Waals surface area (Å²) in [7, 11) is 0. The molecule has 4 heteroatoms. The lowest BCUT2D eigenvalue weighted by molar-refractivity contribution is 0.147. The van der Waals surface area contributed by atoms with Gasteiger partial charge in [0.15, 0.2) is 0 Å². The molecule has 1 aromatic carbocycles. The monoisotopic (exact) mass is 236 g/mol. The SMILES string of the molecule is CCOCCCNc1ccc2ncsc2c1. The molecule has 0 saturated carbocycles. The maximum absolute atomic E-state index is 5.28. The molecule has 0 aliphatic heterocycles. The van der Waals surface area contributed by atoms with Crippen LogP contribution in [0.3, 0.4) is 0 Å². The van der Waals surface area contributed by atoms with E-state index in [-0.39, 0.29) is 0 Å². The summed E-state index contributed by atoms with van der Waals surface area (Å²) in [6.07, 6.45) is 1.04. The lowest BCUT2D eigenvalue weighted by atomic mass is 10.3. The summed E-state index contributed by atoms with van der Waals surface area (Å²) in [6, 6.07) is 6.27. The molecule has 0 atom stereocenters. The number of ether oxygens (including phenoxy) is 1. The van der Waals surface area contributed by atoms with Crippen LogP contribution < -0.4 is 5.32 Å². The van der Waals surface area contributed by atoms with Crippen LogP contribution in [0.25, 0.3) is 10.2 Å². The van der Waals surface area contributed by atoms with Crippen molar-refractivity contribution in [1.29, 1.82) is 0 Å². The van der Waals surface area contributed by atoms with Gasteiger partial charge in [-0.3, -0.25) is 0 Å². The summed E-state index contributed by atoms with van der Waals surface area (Å²) in [5.74, 6) is 0. The van der Waals surface area contributed by atoms with Crippen LogP contribution in [0.5, 0.6) is 0 Å². The molecule has 3 nitrogen and oxygen atoms in total. The van der Waals surface area contributed by atoms with Gasteiger partial charge in [-0.05, 0) is 31.5 Å². The molecule has 0 aliphatic carbocycles. The molecule has 1 N–H and O–H groups in total. The summed E-state index contributed by atoms with van der Waals surface area (Å²) in [5, 5.41) is 3.38. The van der Waals surface area contributed by atoms with Gasteiger partial charge >= 0.3 is 0 Å². The average molecular weight is 236 g/mol. The van der Waals surface area contributed by atoms with Gasteiger partial charge in [0.25, 0.3) is 0 Å². The average Bonchev–Trinajstić information content (AvgIpc) is 2.76. The third-order valence-electron chi connectivity index (χ3n) is 2.33. The molecule has 0 amide bonds. The van der Waals surface area contributed by atoms with Crippen molar-refractivity contribution in [2.24, 2.45) is 0 Å². The number of hydrogen-bond donors (Lipinski definition) is 1. The molecule has 86 valence electrons. The minimum absolute atomic E-state index is 0.798. The topological polar surface area (TPSA) is 34.1 Å². The Labute approximate surface area is 99.5 Å². The fraction of sp³-hybridized carbons (Fsp3) is 0.417. The molecule has 0 radical (unpaired) electrons. The molecule has 0 saturated heterocycles. The minimum Gasteiger partial charge on any atom is -0.385 e. The third kappa shape index (κ3) is 2.93. The van der Waals surface area contributed by atoms with Gasteiger partial charge in [0.1, 0.15) is 0 Å². The molecule has 0 aliphatic rings. The lowest BCUT2D eigenvalue weighted by Gasteiger charge is -2.06. The van der Waals surface area contributed by atoms with Crippen molar-refractivity contribution >= 4 is 27.2 Å². The molecular weight excluding hydrogens is 220 g/mol. The molecule has 16 heavy (non-hydrogen) atoms. The van der Waals surface area contributed by atoms with Crippen LogP contribution in [-0.4, -0.2) is 24.7 Å². The second-order valence-electron chi connectivity index (χ2n) is 3.51. The van der Waals surface area contributed by atoms with E-state index in [4.69, 9.17) is 4.74 Å². The Morgan fingerprint density at radius 1 is 1.44 bits per heavy atom. The summed E-state index contributed by atoms with van der Waals surface area (Å²) in [5.41, 5.74) is 4.11. The number of hydrogen-bond acceptors (Lipinski definition) is 4. The van der Waals surface area contributed by atoms with Gasteiger partial charge in [-0.15, -0.1) is 11.3 Å². The number of nitrogens with zero attached hydrogens (tertiary/aromatic N) is 1. The number of rotatable bonds is 6. The molecule has 1 heterocycles. The van der Waals surface area contributed by atoms with Crippen LogP contribution in [0, 0.1) is 0 Å². The van der Waals surface area contributed by atoms with Crippen molar-refractivity contribution in [2.75, 3.05) is 25.1 Å². The Morgan fingerprint density at radius 2 is 2.38 bits per heavy atom. The first-order valence-corrected chi connectivity index (χ1v) is 6.43. The number of thiazole rings is 1. The number of fused-ring (bicyclic) bond motifs is 1. The van der Waals surface area contributed by atoms with Gasteiger partial charge in [-0.1, -0.05) is 0 Å². The van der Waals surface area contributed by atoms with Gasteiger partial charge in [-0.25, -0.2) is 4.98 Å². The van der Waals surface area contributed by atoms with E-state index in [0.29, 0.717) is 0 Å². The lowest BCUT2D eigenvalue weighted by Crippen LogP contribution is -2.05. The highest BCUT2D eigenvalue weighted by atomic mass is 32.1. The maximum atomic E-state index is 5.28. The van der Waals surface area contributed by atoms with E-state index in [9.17, 15) is 0 Å². The fourth-order valence-corrected chi connectivity index (χ4v) is 2.23. The van der Waals surface area contributed by atoms with E-state index >= 15 is 0 Å². The second kappa shape index (κ2) is 5.82. The molecule has 2 aromatic rings. The Kier molecular flexibility index (Phi) is 4.13. The van der Waals surface area contributed by atoms with Gasteiger partial charge in [-0.2, -0.15) is 0 Å². The van der Waals surface area contributed by atoms with E-state index in [0.717, 1.165) is 37.4 Å². The van der Waals surface area contributed by atoms with Gasteiger partial charge < -0.3 is 10.1 Å². The van der Waals surface area contributed by atoms with Crippen LogP contribution in [0.1, 0.15) is 13.3 Å². The smallest absolute Gasteiger partial charge is 0.0813 e. The van der Waals surface area contributed by atoms with E-state index in [1.807, 2.05) is 12.4 Å². The molecular formula is C12H16N2OS. The molecule has 0 unspecified atom stereocenters. The quantitative estimate of drug-likeness (QED) is 0.782. The molecule has 1 aromatic heterocycles. The van der Waals surface area contributed by atoms with Crippen molar-refractivity contribution in [3.8, 4) is 0 Å². The van der Waals surface area contributed by atoms with Gasteiger partial charge in [0.05, 0.1) is 15.7 Å². The van der Waals surface area contributed by atoms with Gasteiger partial charge in [0.2, 0.25) is 0 Å². The highest BCUT2D eigenvalue weighted by Crippen LogP contribution is 2.21. The van der Waals surface area contributed by atoms with Crippen molar-refractivity contribution in [2.45, 2.75) is 13.3 Å². The number of aromatic nitrogens is 1. The summed E-state index contributed by atoms with van der Waals surface area (Å²) in [6.45, 7) is 4.59. The first kappa shape index (κ1) is 11.4. The zero-order chi connectivity index (χ0) is 11.2. The second-order valence-corrected chi connectivity index (χ2v) is 4.40. The zero-order valence-corrected chi connectivity index (χ0v) is 10.2. The minimum atomic E-state index is 0.798. The predicted octanol–water partition coefficient (Wildman–Crippen LogP) is 3.13. The highest BCUT2D eigenvalue weighted by Gasteiger charge is 1.97. The fourth-order valence-electron chi connectivity index (χ4n) is 1.52. The van der Waals surface area contributed by atoms with Crippen LogP contribution in [-0.2, 0) is 4.74 Å². The van der Waals surface area contributed by atoms with Crippen molar-refractivity contribution in [1.82, 2.24) is 4.98 Å². The summed E-state index contributed by atoms with van der Waals surface area (Å²) >= 11 is 1.67. The number of nitrogens with one attached hydrogen (secondary N) is 1. The van der Waals surface area contributed by atoms with E-state index < -0.39 is 0 Å². The molecule has 0 bridgehead atoms. The Hall–Kier alpha value is -1.13. The largest absolute Gasteiger partial charge is 0.385 e. The van der Waals surface area contributed by atoms with Crippen LogP contribution in [0.4, 0.5) is 5.69 Å². The molecule has 0 spiro atoms. The maximum Gasteiger partial charge on any atom is 0.0813 e. The third-order valence-corrected chi connectivity index (χ3v) is 3.12. The molecule has 0 fully saturated rings. The Balaban J connectivity index is 1.84. The predicted molar refractivity (Wildman–Crippen MR) is 69.2 cm³/mol. The summed E-state index contributed by atoms with van der Waals surface area (Å²) < 4.78 is 6.51. The number of benzene rings is 1. The summed E-state index contributed by atoms with van der Waals surface area (Å²) in [4.78, 5) is 4.25. The van der Waals surface area contributed by atoms with E-state index in [1.54, 1.807) is 11.3 Å². The first-order valence-electron chi connectivity index (χ1n) is 5.55. The molecule has 2 rings (SSSR count). The Bertz CT molecular complexity index is 441. The van der Waals surface area contributed by atoms with Crippen molar-refractivity contribution in [3.05, 3.63) is 23.7 Å². The van der Waals surface area contributed by atoms with E-state index in [1.165, 1.54) is 4.70 Å². The Morgan fingerprint density at radius 3 is 3.25 bits per heavy atom. The first-order chi connectivity index (χ1) is 7.90. The standard InChI is InChI=1S/C12H16N2OS/c1-2-15-7-3-6-13-10-4-5-11-12(8-10)16-9-14-11/h4-5,8-9,13H,2-3,6-7H2,1H3. The van der Waals surface area contributed by atoms with Crippen LogP contribution in [0.2, 0.25) is 0 Å². The van der Waals surface area contributed by atoms with Crippen LogP contribution in [0.15, 0.2) is 23.7 Å². The zero-order valence-electron chi connectivity index (χ0n) is 9.40. The van der Waals surface area contributed by atoms with Gasteiger partial charge in [0, 0.05) is 25.4 Å². The number of anilines is 1. The van der Waals surface area contributed by atoms with Crippen molar-refractivity contribution < 1.29 is 4.74 Å². The highest BCUT2D eigenvalue weighted by molar-refractivity contribution is 7.16.